The number of carbonyl (C=O) groups is 1. The Balaban J connectivity index is 2.30. The van der Waals surface area contributed by atoms with Gasteiger partial charge < -0.3 is 5.32 Å². The van der Waals surface area contributed by atoms with Gasteiger partial charge in [-0.1, -0.05) is 11.6 Å². The van der Waals surface area contributed by atoms with Crippen molar-refractivity contribution >= 4 is 23.3 Å². The summed E-state index contributed by atoms with van der Waals surface area (Å²) >= 11 is 5.86. The molecule has 2 aromatic rings. The Morgan fingerprint density at radius 1 is 1.56 bits per heavy atom. The molecule has 18 heavy (non-hydrogen) atoms. The summed E-state index contributed by atoms with van der Waals surface area (Å²) in [5.74, 6) is -0.176. The largest absolute Gasteiger partial charge is 0.304 e. The number of nitrogens with zero attached hydrogens (tertiary/aromatic N) is 5. The number of nitrogens with one attached hydrogen (secondary N) is 1. The van der Waals surface area contributed by atoms with Crippen LogP contribution in [0.3, 0.4) is 0 Å². The maximum atomic E-state index is 11.9. The summed E-state index contributed by atoms with van der Waals surface area (Å²) in [7, 11) is 3.28. The van der Waals surface area contributed by atoms with Crippen LogP contribution in [0, 0.1) is 11.3 Å². The molecule has 0 unspecified atom stereocenters. The van der Waals surface area contributed by atoms with E-state index >= 15 is 0 Å². The first-order chi connectivity index (χ1) is 8.52. The van der Waals surface area contributed by atoms with Gasteiger partial charge in [-0.2, -0.15) is 15.5 Å². The molecule has 0 aliphatic rings. The molecule has 0 radical (unpaired) electrons. The van der Waals surface area contributed by atoms with Crippen LogP contribution in [0.5, 0.6) is 0 Å². The molecule has 0 saturated heterocycles. The van der Waals surface area contributed by atoms with Gasteiger partial charge in [-0.15, -0.1) is 0 Å². The van der Waals surface area contributed by atoms with Gasteiger partial charge in [-0.3, -0.25) is 14.2 Å². The van der Waals surface area contributed by atoms with Gasteiger partial charge in [-0.05, 0) is 0 Å². The van der Waals surface area contributed by atoms with Gasteiger partial charge in [0.25, 0.3) is 5.91 Å². The first kappa shape index (κ1) is 12.1. The molecular weight excluding hydrogens is 256 g/mol. The van der Waals surface area contributed by atoms with Crippen molar-refractivity contribution in [3.05, 3.63) is 28.7 Å². The quantitative estimate of drug-likeness (QED) is 0.874. The standard InChI is InChI=1S/C10H9ClN6O/c1-16-5-7(11)8(15-16)10(18)14-9-6(3-12)4-13-17(9)2/h4-5H,1-2H3,(H,14,18). The lowest BCUT2D eigenvalue weighted by Crippen LogP contribution is -2.16. The number of anilines is 1. The molecule has 8 heteroatoms. The number of aromatic nitrogens is 4. The van der Waals surface area contributed by atoms with Gasteiger partial charge >= 0.3 is 0 Å². The molecule has 2 rings (SSSR count). The fourth-order valence-corrected chi connectivity index (χ4v) is 1.71. The number of halogens is 1. The molecule has 0 bridgehead atoms. The highest BCUT2D eigenvalue weighted by Gasteiger charge is 2.18. The second kappa shape index (κ2) is 4.50. The van der Waals surface area contributed by atoms with Crippen molar-refractivity contribution < 1.29 is 4.79 Å². The van der Waals surface area contributed by atoms with E-state index in [2.05, 4.69) is 15.5 Å². The van der Waals surface area contributed by atoms with Crippen molar-refractivity contribution in [2.45, 2.75) is 0 Å². The number of carbonyl (C=O) groups excluding carboxylic acids is 1. The minimum absolute atomic E-state index is 0.101. The molecule has 0 spiro atoms. The third kappa shape index (κ3) is 2.06. The Hall–Kier alpha value is -2.33. The first-order valence-corrected chi connectivity index (χ1v) is 5.33. The van der Waals surface area contributed by atoms with E-state index in [4.69, 9.17) is 16.9 Å². The van der Waals surface area contributed by atoms with Crippen LogP contribution in [-0.4, -0.2) is 25.5 Å². The van der Waals surface area contributed by atoms with Crippen molar-refractivity contribution in [3.63, 3.8) is 0 Å². The molecule has 0 fully saturated rings. The molecule has 7 nitrogen and oxygen atoms in total. The minimum Gasteiger partial charge on any atom is -0.304 e. The SMILES string of the molecule is Cn1cc(Cl)c(C(=O)Nc2c(C#N)cnn2C)n1. The molecule has 1 N–H and O–H groups in total. The normalized spacial score (nSPS) is 10.1. The van der Waals surface area contributed by atoms with Crippen LogP contribution in [0.2, 0.25) is 5.02 Å². The molecule has 0 aliphatic carbocycles. The van der Waals surface area contributed by atoms with Crippen molar-refractivity contribution in [3.8, 4) is 6.07 Å². The number of hydrogen-bond acceptors (Lipinski definition) is 4. The Morgan fingerprint density at radius 2 is 2.28 bits per heavy atom. The smallest absolute Gasteiger partial charge is 0.278 e. The number of hydrogen-bond donors (Lipinski definition) is 1. The van der Waals surface area contributed by atoms with Crippen LogP contribution >= 0.6 is 11.6 Å². The Kier molecular flexibility index (Phi) is 3.04. The lowest BCUT2D eigenvalue weighted by Gasteiger charge is -2.04. The lowest BCUT2D eigenvalue weighted by molar-refractivity contribution is 0.102. The van der Waals surface area contributed by atoms with Gasteiger partial charge in [0.05, 0.1) is 11.2 Å². The van der Waals surface area contributed by atoms with E-state index in [1.807, 2.05) is 6.07 Å². The number of nitriles is 1. The number of amides is 1. The second-order valence-corrected chi connectivity index (χ2v) is 4.00. The van der Waals surface area contributed by atoms with E-state index in [0.29, 0.717) is 5.82 Å². The topological polar surface area (TPSA) is 88.5 Å². The minimum atomic E-state index is -0.485. The second-order valence-electron chi connectivity index (χ2n) is 3.60. The molecule has 0 saturated carbocycles. The van der Waals surface area contributed by atoms with E-state index < -0.39 is 5.91 Å². The molecule has 1 amide bonds. The van der Waals surface area contributed by atoms with E-state index in [-0.39, 0.29) is 16.3 Å². The zero-order valence-electron chi connectivity index (χ0n) is 9.68. The monoisotopic (exact) mass is 264 g/mol. The third-order valence-electron chi connectivity index (χ3n) is 2.29. The molecule has 0 aliphatic heterocycles. The molecule has 2 aromatic heterocycles. The maximum Gasteiger partial charge on any atom is 0.278 e. The Labute approximate surface area is 108 Å². The van der Waals surface area contributed by atoms with Crippen LogP contribution in [0.4, 0.5) is 5.82 Å². The maximum absolute atomic E-state index is 11.9. The van der Waals surface area contributed by atoms with Crippen LogP contribution in [0.1, 0.15) is 16.1 Å². The van der Waals surface area contributed by atoms with Crippen LogP contribution < -0.4 is 5.32 Å². The predicted molar refractivity (Wildman–Crippen MR) is 64.1 cm³/mol. The highest BCUT2D eigenvalue weighted by Crippen LogP contribution is 2.17. The Bertz CT molecular complexity index is 650. The van der Waals surface area contributed by atoms with E-state index in [1.165, 1.54) is 21.8 Å². The van der Waals surface area contributed by atoms with Gasteiger partial charge in [0.15, 0.2) is 5.69 Å². The summed E-state index contributed by atoms with van der Waals surface area (Å²) in [6.45, 7) is 0. The molecule has 0 atom stereocenters. The summed E-state index contributed by atoms with van der Waals surface area (Å²) in [5, 5.41) is 19.5. The molecule has 0 aromatic carbocycles. The van der Waals surface area contributed by atoms with Gasteiger partial charge in [-0.25, -0.2) is 0 Å². The van der Waals surface area contributed by atoms with E-state index in [9.17, 15) is 4.79 Å². The molecule has 2 heterocycles. The van der Waals surface area contributed by atoms with Crippen molar-refractivity contribution in [2.75, 3.05) is 5.32 Å². The zero-order valence-corrected chi connectivity index (χ0v) is 10.4. The summed E-state index contributed by atoms with van der Waals surface area (Å²) in [4.78, 5) is 11.9. The van der Waals surface area contributed by atoms with Crippen LogP contribution in [0.15, 0.2) is 12.4 Å². The highest BCUT2D eigenvalue weighted by molar-refractivity contribution is 6.34. The van der Waals surface area contributed by atoms with Crippen LogP contribution in [-0.2, 0) is 14.1 Å². The zero-order chi connectivity index (χ0) is 13.3. The van der Waals surface area contributed by atoms with Gasteiger partial charge in [0.1, 0.15) is 17.5 Å². The third-order valence-corrected chi connectivity index (χ3v) is 2.57. The van der Waals surface area contributed by atoms with E-state index in [0.717, 1.165) is 0 Å². The van der Waals surface area contributed by atoms with Crippen molar-refractivity contribution in [1.82, 2.24) is 19.6 Å². The summed E-state index contributed by atoms with van der Waals surface area (Å²) in [6, 6.07) is 1.94. The molecular formula is C10H9ClN6O. The fraction of sp³-hybridized carbons (Fsp3) is 0.200. The van der Waals surface area contributed by atoms with E-state index in [1.54, 1.807) is 14.1 Å². The van der Waals surface area contributed by atoms with Gasteiger partial charge in [0.2, 0.25) is 0 Å². The Morgan fingerprint density at radius 3 is 2.83 bits per heavy atom. The lowest BCUT2D eigenvalue weighted by atomic mass is 10.3. The fourth-order valence-electron chi connectivity index (χ4n) is 1.45. The average Bonchev–Trinajstić information content (AvgIpc) is 2.83. The van der Waals surface area contributed by atoms with Gasteiger partial charge in [0, 0.05) is 20.3 Å². The number of rotatable bonds is 2. The summed E-state index contributed by atoms with van der Waals surface area (Å²) in [6.07, 6.45) is 2.89. The van der Waals surface area contributed by atoms with Crippen molar-refractivity contribution in [1.29, 1.82) is 5.26 Å². The first-order valence-electron chi connectivity index (χ1n) is 4.95. The summed E-state index contributed by atoms with van der Waals surface area (Å²) in [5.41, 5.74) is 0.377. The predicted octanol–water partition coefficient (Wildman–Crippen LogP) is 0.931. The van der Waals surface area contributed by atoms with Crippen molar-refractivity contribution in [2.24, 2.45) is 14.1 Å². The number of aryl methyl sites for hydroxylation is 2. The highest BCUT2D eigenvalue weighted by atomic mass is 35.5. The van der Waals surface area contributed by atoms with Crippen LogP contribution in [0.25, 0.3) is 0 Å². The average molecular weight is 265 g/mol. The summed E-state index contributed by atoms with van der Waals surface area (Å²) < 4.78 is 2.83. The molecule has 92 valence electrons.